The Kier molecular flexibility index (Phi) is 9.42. The van der Waals surface area contributed by atoms with Crippen LogP contribution in [0.3, 0.4) is 0 Å². The lowest BCUT2D eigenvalue weighted by atomic mass is 10.2. The first-order chi connectivity index (χ1) is 13.7. The van der Waals surface area contributed by atoms with Crippen LogP contribution in [0.15, 0.2) is 41.5 Å². The van der Waals surface area contributed by atoms with Crippen LogP contribution in [-0.2, 0) is 13.0 Å². The molecule has 6 nitrogen and oxygen atoms in total. The zero-order valence-electron chi connectivity index (χ0n) is 16.8. The Balaban J connectivity index is 1.94. The molecule has 0 saturated heterocycles. The zero-order valence-corrected chi connectivity index (χ0v) is 17.6. The van der Waals surface area contributed by atoms with Gasteiger partial charge in [0.2, 0.25) is 0 Å². The number of methoxy groups -OCH3 is 1. The SMILES string of the molecule is CCCOc1ccc(CN=C(NCC)NCCc2ccc(Cl)nc2)cc1OC. The van der Waals surface area contributed by atoms with Crippen LogP contribution in [-0.4, -0.2) is 37.7 Å². The number of aromatic nitrogens is 1. The summed E-state index contributed by atoms with van der Waals surface area (Å²) >= 11 is 5.82. The maximum atomic E-state index is 5.82. The number of hydrogen-bond acceptors (Lipinski definition) is 4. The van der Waals surface area contributed by atoms with Gasteiger partial charge in [0.1, 0.15) is 5.15 Å². The predicted octanol–water partition coefficient (Wildman–Crippen LogP) is 3.83. The summed E-state index contributed by atoms with van der Waals surface area (Å²) in [5.41, 5.74) is 2.18. The van der Waals surface area contributed by atoms with Crippen LogP contribution in [0.5, 0.6) is 11.5 Å². The maximum Gasteiger partial charge on any atom is 0.191 e. The molecular formula is C21H29ClN4O2. The number of nitrogens with one attached hydrogen (secondary N) is 2. The predicted molar refractivity (Wildman–Crippen MR) is 115 cm³/mol. The van der Waals surface area contributed by atoms with E-state index in [1.54, 1.807) is 19.4 Å². The average Bonchev–Trinajstić information content (AvgIpc) is 2.72. The number of rotatable bonds is 10. The Labute approximate surface area is 172 Å². The molecule has 0 fully saturated rings. The summed E-state index contributed by atoms with van der Waals surface area (Å²) in [6.07, 6.45) is 3.59. The van der Waals surface area contributed by atoms with Crippen LogP contribution >= 0.6 is 11.6 Å². The fraction of sp³-hybridized carbons (Fsp3) is 0.429. The third kappa shape index (κ3) is 7.27. The number of benzene rings is 1. The molecule has 1 aromatic heterocycles. The van der Waals surface area contributed by atoms with Crippen LogP contribution in [0.25, 0.3) is 0 Å². The first-order valence-electron chi connectivity index (χ1n) is 9.58. The summed E-state index contributed by atoms with van der Waals surface area (Å²) in [7, 11) is 1.65. The Morgan fingerprint density at radius 3 is 2.61 bits per heavy atom. The van der Waals surface area contributed by atoms with Gasteiger partial charge in [0, 0.05) is 19.3 Å². The summed E-state index contributed by atoms with van der Waals surface area (Å²) in [6, 6.07) is 9.71. The van der Waals surface area contributed by atoms with Crippen molar-refractivity contribution in [1.29, 1.82) is 0 Å². The van der Waals surface area contributed by atoms with Crippen molar-refractivity contribution in [2.75, 3.05) is 26.8 Å². The number of hydrogen-bond donors (Lipinski definition) is 2. The van der Waals surface area contributed by atoms with Gasteiger partial charge in [-0.2, -0.15) is 0 Å². The van der Waals surface area contributed by atoms with Gasteiger partial charge in [-0.25, -0.2) is 9.98 Å². The Morgan fingerprint density at radius 1 is 1.11 bits per heavy atom. The summed E-state index contributed by atoms with van der Waals surface area (Å²) < 4.78 is 11.1. The second-order valence-corrected chi connectivity index (χ2v) is 6.58. The molecule has 0 amide bonds. The molecule has 0 bridgehead atoms. The van der Waals surface area contributed by atoms with Gasteiger partial charge in [-0.3, -0.25) is 0 Å². The van der Waals surface area contributed by atoms with E-state index in [1.807, 2.05) is 31.2 Å². The van der Waals surface area contributed by atoms with Crippen molar-refractivity contribution in [2.45, 2.75) is 33.2 Å². The smallest absolute Gasteiger partial charge is 0.191 e. The van der Waals surface area contributed by atoms with Crippen molar-refractivity contribution in [3.63, 3.8) is 0 Å². The van der Waals surface area contributed by atoms with E-state index in [0.717, 1.165) is 54.5 Å². The molecule has 0 aliphatic rings. The molecule has 2 N–H and O–H groups in total. The highest BCUT2D eigenvalue weighted by Gasteiger charge is 2.06. The number of nitrogens with zero attached hydrogens (tertiary/aromatic N) is 2. The summed E-state index contributed by atoms with van der Waals surface area (Å²) in [4.78, 5) is 8.76. The second-order valence-electron chi connectivity index (χ2n) is 6.19. The van der Waals surface area contributed by atoms with Gasteiger partial charge in [-0.15, -0.1) is 0 Å². The van der Waals surface area contributed by atoms with E-state index in [9.17, 15) is 0 Å². The van der Waals surface area contributed by atoms with Gasteiger partial charge in [0.15, 0.2) is 17.5 Å². The lowest BCUT2D eigenvalue weighted by Gasteiger charge is -2.13. The molecule has 0 unspecified atom stereocenters. The number of guanidine groups is 1. The molecular weight excluding hydrogens is 376 g/mol. The quantitative estimate of drug-likeness (QED) is 0.358. The molecule has 28 heavy (non-hydrogen) atoms. The van der Waals surface area contributed by atoms with Gasteiger partial charge in [-0.05, 0) is 49.1 Å². The van der Waals surface area contributed by atoms with Crippen molar-refractivity contribution < 1.29 is 9.47 Å². The van der Waals surface area contributed by atoms with Gasteiger partial charge in [-0.1, -0.05) is 30.7 Å². The van der Waals surface area contributed by atoms with Crippen molar-refractivity contribution in [1.82, 2.24) is 15.6 Å². The van der Waals surface area contributed by atoms with E-state index in [2.05, 4.69) is 27.5 Å². The van der Waals surface area contributed by atoms with Crippen molar-refractivity contribution in [3.05, 3.63) is 52.8 Å². The molecule has 0 aliphatic carbocycles. The van der Waals surface area contributed by atoms with E-state index < -0.39 is 0 Å². The highest BCUT2D eigenvalue weighted by molar-refractivity contribution is 6.29. The minimum absolute atomic E-state index is 0.508. The minimum Gasteiger partial charge on any atom is -0.493 e. The number of pyridine rings is 1. The first-order valence-corrected chi connectivity index (χ1v) is 9.96. The normalized spacial score (nSPS) is 11.2. The number of aliphatic imine (C=N–C) groups is 1. The summed E-state index contributed by atoms with van der Waals surface area (Å²) in [6.45, 7) is 6.88. The molecule has 1 aromatic carbocycles. The lowest BCUT2D eigenvalue weighted by molar-refractivity contribution is 0.294. The maximum absolute atomic E-state index is 5.82. The van der Waals surface area contributed by atoms with Crippen molar-refractivity contribution in [3.8, 4) is 11.5 Å². The van der Waals surface area contributed by atoms with Gasteiger partial charge < -0.3 is 20.1 Å². The Bertz CT molecular complexity index is 751. The van der Waals surface area contributed by atoms with Gasteiger partial charge >= 0.3 is 0 Å². The van der Waals surface area contributed by atoms with Crippen LogP contribution < -0.4 is 20.1 Å². The first kappa shape index (κ1) is 21.8. The summed E-state index contributed by atoms with van der Waals surface area (Å²) in [5.74, 6) is 2.27. The van der Waals surface area contributed by atoms with E-state index in [0.29, 0.717) is 18.3 Å². The molecule has 2 rings (SSSR count). The fourth-order valence-electron chi connectivity index (χ4n) is 2.53. The van der Waals surface area contributed by atoms with Crippen LogP contribution in [0.4, 0.5) is 0 Å². The molecule has 0 saturated carbocycles. The van der Waals surface area contributed by atoms with E-state index in [4.69, 9.17) is 21.1 Å². The Hall–Kier alpha value is -2.47. The molecule has 2 aromatic rings. The lowest BCUT2D eigenvalue weighted by Crippen LogP contribution is -2.38. The van der Waals surface area contributed by atoms with Gasteiger partial charge in [0.25, 0.3) is 0 Å². The largest absolute Gasteiger partial charge is 0.493 e. The molecule has 1 heterocycles. The molecule has 0 radical (unpaired) electrons. The van der Waals surface area contributed by atoms with Crippen molar-refractivity contribution >= 4 is 17.6 Å². The second kappa shape index (κ2) is 12.1. The topological polar surface area (TPSA) is 67.8 Å². The van der Waals surface area contributed by atoms with E-state index in [-0.39, 0.29) is 0 Å². The monoisotopic (exact) mass is 404 g/mol. The highest BCUT2D eigenvalue weighted by Crippen LogP contribution is 2.28. The van der Waals surface area contributed by atoms with E-state index in [1.165, 1.54) is 0 Å². The standard InChI is InChI=1S/C21H29ClN4O2/c1-4-12-28-18-8-6-17(13-19(18)27-3)15-26-21(23-5-2)24-11-10-16-7-9-20(22)25-14-16/h6-9,13-14H,4-5,10-12,15H2,1-3H3,(H2,23,24,26). The molecule has 7 heteroatoms. The van der Waals surface area contributed by atoms with Crippen LogP contribution in [0, 0.1) is 0 Å². The zero-order chi connectivity index (χ0) is 20.2. The van der Waals surface area contributed by atoms with E-state index >= 15 is 0 Å². The fourth-order valence-corrected chi connectivity index (χ4v) is 2.65. The third-order valence-corrected chi connectivity index (χ3v) is 4.17. The molecule has 0 atom stereocenters. The summed E-state index contributed by atoms with van der Waals surface area (Å²) in [5, 5.41) is 7.11. The highest BCUT2D eigenvalue weighted by atomic mass is 35.5. The minimum atomic E-state index is 0.508. The molecule has 152 valence electrons. The molecule has 0 spiro atoms. The third-order valence-electron chi connectivity index (χ3n) is 3.95. The van der Waals surface area contributed by atoms with Gasteiger partial charge in [0.05, 0.1) is 20.3 Å². The number of ether oxygens (including phenoxy) is 2. The molecule has 0 aliphatic heterocycles. The Morgan fingerprint density at radius 2 is 1.93 bits per heavy atom. The van der Waals surface area contributed by atoms with Crippen LogP contribution in [0.1, 0.15) is 31.4 Å². The van der Waals surface area contributed by atoms with Crippen molar-refractivity contribution in [2.24, 2.45) is 4.99 Å². The average molecular weight is 405 g/mol. The van der Waals surface area contributed by atoms with Crippen LogP contribution in [0.2, 0.25) is 5.15 Å². The number of halogens is 1.